The van der Waals surface area contributed by atoms with Crippen molar-refractivity contribution in [3.63, 3.8) is 0 Å². The monoisotopic (exact) mass is 416 g/mol. The van der Waals surface area contributed by atoms with Crippen LogP contribution in [0.4, 0.5) is 13.2 Å². The Labute approximate surface area is 151 Å². The van der Waals surface area contributed by atoms with Crippen molar-refractivity contribution >= 4 is 37.8 Å². The van der Waals surface area contributed by atoms with Crippen molar-refractivity contribution in [1.82, 2.24) is 0 Å². The van der Waals surface area contributed by atoms with E-state index in [0.29, 0.717) is 16.4 Å². The molecule has 0 heterocycles. The van der Waals surface area contributed by atoms with Gasteiger partial charge in [-0.25, -0.2) is 0 Å². The number of hydrogen-bond donors (Lipinski definition) is 1. The van der Waals surface area contributed by atoms with Crippen LogP contribution in [0.5, 0.6) is 5.75 Å². The number of phenols is 1. The van der Waals surface area contributed by atoms with E-state index in [0.717, 1.165) is 6.07 Å². The molecule has 0 radical (unpaired) electrons. The van der Waals surface area contributed by atoms with Crippen molar-refractivity contribution in [1.29, 1.82) is 0 Å². The molecule has 0 saturated heterocycles. The summed E-state index contributed by atoms with van der Waals surface area (Å²) >= 11 is -0.556. The fourth-order valence-corrected chi connectivity index (χ4v) is 3.37. The summed E-state index contributed by atoms with van der Waals surface area (Å²) in [5.74, 6) is 0.0715. The number of rotatable bonds is 2. The SMILES string of the molecule is Cc1cccc(Pc2c(C)cccc2C(F)(F)F)c1O.[Cl][Ti][Cl]. The van der Waals surface area contributed by atoms with E-state index >= 15 is 0 Å². The molecule has 0 aromatic heterocycles. The van der Waals surface area contributed by atoms with E-state index in [-0.39, 0.29) is 19.6 Å². The van der Waals surface area contributed by atoms with Crippen molar-refractivity contribution in [2.24, 2.45) is 0 Å². The molecule has 0 aliphatic heterocycles. The van der Waals surface area contributed by atoms with Crippen LogP contribution >= 0.6 is 27.2 Å². The zero-order valence-electron chi connectivity index (χ0n) is 12.3. The number of hydrogen-bond acceptors (Lipinski definition) is 1. The topological polar surface area (TPSA) is 20.2 Å². The van der Waals surface area contributed by atoms with E-state index in [1.165, 1.54) is 6.07 Å². The molecule has 0 bridgehead atoms. The van der Waals surface area contributed by atoms with Crippen molar-refractivity contribution in [3.8, 4) is 5.75 Å². The first-order chi connectivity index (χ1) is 10.7. The zero-order chi connectivity index (χ0) is 17.6. The van der Waals surface area contributed by atoms with Gasteiger partial charge in [0.25, 0.3) is 0 Å². The maximum atomic E-state index is 13.1. The van der Waals surface area contributed by atoms with E-state index in [1.54, 1.807) is 38.1 Å². The molecule has 0 saturated carbocycles. The van der Waals surface area contributed by atoms with E-state index in [9.17, 15) is 18.3 Å². The van der Waals surface area contributed by atoms with Crippen molar-refractivity contribution in [2.45, 2.75) is 20.0 Å². The first-order valence-corrected chi connectivity index (χ1v) is 11.7. The molecule has 0 fully saturated rings. The summed E-state index contributed by atoms with van der Waals surface area (Å²) in [6.45, 7) is 3.39. The molecule has 124 valence electrons. The van der Waals surface area contributed by atoms with Crippen molar-refractivity contribution in [2.75, 3.05) is 0 Å². The van der Waals surface area contributed by atoms with Gasteiger partial charge < -0.3 is 5.11 Å². The van der Waals surface area contributed by atoms with Crippen molar-refractivity contribution < 1.29 is 35.3 Å². The van der Waals surface area contributed by atoms with Gasteiger partial charge >= 0.3 is 41.8 Å². The molecule has 0 spiro atoms. The van der Waals surface area contributed by atoms with Gasteiger partial charge in [-0.05, 0) is 36.3 Å². The minimum absolute atomic E-state index is 0.0715. The third-order valence-corrected chi connectivity index (χ3v) is 4.66. The number of alkyl halides is 3. The Hall–Kier alpha value is -0.246. The van der Waals surface area contributed by atoms with Crippen LogP contribution in [0.25, 0.3) is 0 Å². The molecule has 23 heavy (non-hydrogen) atoms. The Morgan fingerprint density at radius 2 is 1.52 bits per heavy atom. The third-order valence-electron chi connectivity index (χ3n) is 3.08. The van der Waals surface area contributed by atoms with Gasteiger partial charge in [-0.1, -0.05) is 38.9 Å². The van der Waals surface area contributed by atoms with Gasteiger partial charge in [0.05, 0.1) is 5.56 Å². The molecular weight excluding hydrogens is 403 g/mol. The number of benzene rings is 2. The maximum absolute atomic E-state index is 13.1. The molecule has 1 unspecified atom stereocenters. The summed E-state index contributed by atoms with van der Waals surface area (Å²) in [4.78, 5) is 0. The van der Waals surface area contributed by atoms with Gasteiger partial charge in [0.2, 0.25) is 0 Å². The number of halogens is 5. The standard InChI is InChI=1S/C15H14F3OP.2ClH.Ti/c1-9-5-4-8-12(13(9)19)20-14-10(2)6-3-7-11(14)15(16,17)18;;;/h3-8,19-20H,1-2H3;2*1H;/q;;;+2/p-2. The first-order valence-electron chi connectivity index (χ1n) is 6.41. The summed E-state index contributed by atoms with van der Waals surface area (Å²) in [5.41, 5.74) is 0.618. The molecular formula is C15H14Cl2F3OPTi. The van der Waals surface area contributed by atoms with Gasteiger partial charge in [0.15, 0.2) is 0 Å². The summed E-state index contributed by atoms with van der Waals surface area (Å²) in [7, 11) is 9.55. The predicted molar refractivity (Wildman–Crippen MR) is 88.3 cm³/mol. The average Bonchev–Trinajstić information content (AvgIpc) is 2.45. The van der Waals surface area contributed by atoms with E-state index < -0.39 is 28.8 Å². The summed E-state index contributed by atoms with van der Waals surface area (Å²) in [6, 6.07) is 9.27. The molecule has 2 aromatic carbocycles. The van der Waals surface area contributed by atoms with Crippen LogP contribution in [0.2, 0.25) is 0 Å². The van der Waals surface area contributed by atoms with Crippen molar-refractivity contribution in [3.05, 3.63) is 53.1 Å². The van der Waals surface area contributed by atoms with Crippen LogP contribution in [0.1, 0.15) is 16.7 Å². The van der Waals surface area contributed by atoms with Gasteiger partial charge in [-0.2, -0.15) is 13.2 Å². The number of aromatic hydroxyl groups is 1. The zero-order valence-corrected chi connectivity index (χ0v) is 16.4. The summed E-state index contributed by atoms with van der Waals surface area (Å²) in [6.07, 6.45) is -4.38. The Morgan fingerprint density at radius 1 is 1.00 bits per heavy atom. The molecule has 2 aromatic rings. The second-order valence-electron chi connectivity index (χ2n) is 4.66. The Kier molecular flexibility index (Phi) is 8.40. The van der Waals surface area contributed by atoms with E-state index in [1.807, 2.05) is 0 Å². The number of aryl methyl sites for hydroxylation is 2. The molecule has 0 aliphatic rings. The summed E-state index contributed by atoms with van der Waals surface area (Å²) < 4.78 is 39.2. The van der Waals surface area contributed by atoms with Gasteiger partial charge in [0, 0.05) is 5.30 Å². The molecule has 1 atom stereocenters. The fourth-order valence-electron chi connectivity index (χ4n) is 1.96. The van der Waals surface area contributed by atoms with Crippen LogP contribution in [-0.4, -0.2) is 5.11 Å². The first kappa shape index (κ1) is 20.8. The normalized spacial score (nSPS) is 11.3. The molecule has 1 N–H and O–H groups in total. The second-order valence-corrected chi connectivity index (χ2v) is 8.53. The van der Waals surface area contributed by atoms with Gasteiger partial charge in [0.1, 0.15) is 5.75 Å². The molecule has 1 nitrogen and oxygen atoms in total. The van der Waals surface area contributed by atoms with Crippen LogP contribution < -0.4 is 10.6 Å². The van der Waals surface area contributed by atoms with Crippen LogP contribution in [-0.2, 0) is 23.2 Å². The number of phenolic OH excluding ortho intramolecular Hbond substituents is 1. The molecule has 0 aliphatic carbocycles. The molecule has 0 amide bonds. The van der Waals surface area contributed by atoms with Crippen LogP contribution in [0, 0.1) is 13.8 Å². The fraction of sp³-hybridized carbons (Fsp3) is 0.200. The molecule has 8 heteroatoms. The second kappa shape index (κ2) is 9.29. The summed E-state index contributed by atoms with van der Waals surface area (Å²) in [5, 5.41) is 10.7. The predicted octanol–water partition coefficient (Wildman–Crippen LogP) is 5.03. The van der Waals surface area contributed by atoms with Crippen LogP contribution in [0.15, 0.2) is 36.4 Å². The quantitative estimate of drug-likeness (QED) is 0.537. The Balaban J connectivity index is 0.000000816. The molecule has 2 rings (SSSR count). The minimum atomic E-state index is -4.38. The number of para-hydroxylation sites is 1. The van der Waals surface area contributed by atoms with Gasteiger partial charge in [-0.3, -0.25) is 0 Å². The third kappa shape index (κ3) is 5.96. The van der Waals surface area contributed by atoms with E-state index in [2.05, 4.69) is 0 Å². The van der Waals surface area contributed by atoms with Gasteiger partial charge in [-0.15, -0.1) is 0 Å². The van der Waals surface area contributed by atoms with E-state index in [4.69, 9.17) is 18.6 Å². The Bertz CT molecular complexity index is 666. The van der Waals surface area contributed by atoms with Crippen LogP contribution in [0.3, 0.4) is 0 Å². The Morgan fingerprint density at radius 3 is 2.09 bits per heavy atom. The average molecular weight is 417 g/mol.